The van der Waals surface area contributed by atoms with Gasteiger partial charge in [-0.25, -0.2) is 34.5 Å². The van der Waals surface area contributed by atoms with E-state index in [0.29, 0.717) is 22.3 Å². The fraction of sp³-hybridized carbons (Fsp3) is 0.580. The summed E-state index contributed by atoms with van der Waals surface area (Å²) < 4.78 is 10.8. The number of thiazole rings is 2. The predicted molar refractivity (Wildman–Crippen MR) is 301 cm³/mol. The number of aromatic nitrogens is 6. The molecule has 4 aromatic rings. The first-order chi connectivity index (χ1) is 37.9. The largest absolute Gasteiger partial charge is 0.458 e. The van der Waals surface area contributed by atoms with E-state index in [4.69, 9.17) is 20.9 Å². The van der Waals surface area contributed by atoms with Gasteiger partial charge in [0.15, 0.2) is 0 Å². The second-order valence-corrected chi connectivity index (χ2v) is 23.6. The second-order valence-electron chi connectivity index (χ2n) is 20.8. The maximum Gasteiger partial charge on any atom is 0.408 e. The van der Waals surface area contributed by atoms with E-state index in [0.717, 1.165) is 12.2 Å². The Kier molecular flexibility index (Phi) is 24.9. The first kappa shape index (κ1) is 66.6. The summed E-state index contributed by atoms with van der Waals surface area (Å²) in [4.78, 5) is 130. The molecule has 446 valence electrons. The predicted octanol–water partition coefficient (Wildman–Crippen LogP) is 0.453. The standard InChI is InChI=1S/C50H75N15O13S3/c1-23-34(62-40(65-39(23)52)27(17-32(51)67)56-19-29(47(75)77-49(5,6)7)61-48(76)78-50(8,9)10)44(73)64-36(38(69)28-18-53-22-57-28)45(74)58-25(3)37(68)24(2)41(70)63-35(26(4)66)43(72)55-15-13-33-59-31(21-80-33)46-60-30(20-81-46)42(71)54-14-12-16-79-11/h18,20-22,24-27,29,35-38,56,66,68-69H,12-17,19H2,1-11H3,(H2,51,67)(H,53,57)(H,54,71)(H,55,72)(H,58,74)(H,61,76)(H,63,70)(H,64,73)(H2,52,62,65)/t24-,25+,26+,27-,29-,35-,36-,37-,38-/m0/s1. The van der Waals surface area contributed by atoms with Gasteiger partial charge in [-0.3, -0.25) is 28.8 Å². The van der Waals surface area contributed by atoms with E-state index in [1.54, 1.807) is 64.1 Å². The number of aliphatic hydroxyl groups is 3. The molecule has 0 bridgehead atoms. The number of H-pyrrole nitrogens is 1. The number of ether oxygens (including phenoxy) is 2. The van der Waals surface area contributed by atoms with E-state index in [2.05, 4.69) is 67.1 Å². The number of amides is 7. The third-order valence-corrected chi connectivity index (χ3v) is 14.1. The molecule has 0 aromatic carbocycles. The molecule has 28 nitrogen and oxygen atoms in total. The highest BCUT2D eigenvalue weighted by Gasteiger charge is 2.38. The van der Waals surface area contributed by atoms with Crippen LogP contribution in [0.15, 0.2) is 23.3 Å². The van der Waals surface area contributed by atoms with Crippen molar-refractivity contribution in [3.05, 3.63) is 56.8 Å². The number of nitrogen functional groups attached to an aromatic ring is 1. The molecule has 4 rings (SSSR count). The Bertz CT molecular complexity index is 2800. The number of nitrogens with two attached hydrogens (primary N) is 2. The van der Waals surface area contributed by atoms with E-state index in [1.165, 1.54) is 62.9 Å². The van der Waals surface area contributed by atoms with Crippen molar-refractivity contribution in [3.63, 3.8) is 0 Å². The zero-order valence-corrected chi connectivity index (χ0v) is 49.4. The minimum Gasteiger partial charge on any atom is -0.458 e. The Hall–Kier alpha value is -6.90. The average molecular weight is 1190 g/mol. The van der Waals surface area contributed by atoms with Crippen LogP contribution in [0.25, 0.3) is 10.7 Å². The molecule has 81 heavy (non-hydrogen) atoms. The molecular formula is C50H75N15O13S3. The Balaban J connectivity index is 1.44. The quantitative estimate of drug-likeness (QED) is 0.0259. The number of imidazole rings is 1. The number of esters is 1. The van der Waals surface area contributed by atoms with E-state index in [-0.39, 0.29) is 47.5 Å². The van der Waals surface area contributed by atoms with Crippen LogP contribution in [0.4, 0.5) is 10.6 Å². The van der Waals surface area contributed by atoms with Gasteiger partial charge in [-0.05, 0) is 80.7 Å². The van der Waals surface area contributed by atoms with E-state index in [1.807, 2.05) is 6.26 Å². The molecule has 0 saturated heterocycles. The Morgan fingerprint density at radius 3 is 2.11 bits per heavy atom. The van der Waals surface area contributed by atoms with Crippen LogP contribution in [0, 0.1) is 12.8 Å². The Morgan fingerprint density at radius 2 is 1.49 bits per heavy atom. The van der Waals surface area contributed by atoms with Crippen molar-refractivity contribution in [2.24, 2.45) is 11.7 Å². The second kappa shape index (κ2) is 30.2. The number of rotatable bonds is 29. The summed E-state index contributed by atoms with van der Waals surface area (Å²) in [6, 6.07) is -7.25. The molecule has 0 aliphatic carbocycles. The van der Waals surface area contributed by atoms with Crippen LogP contribution >= 0.6 is 34.4 Å². The number of alkyl carbamates (subject to hydrolysis) is 1. The van der Waals surface area contributed by atoms with Crippen molar-refractivity contribution in [2.75, 3.05) is 37.4 Å². The zero-order chi connectivity index (χ0) is 60.5. The first-order valence-electron chi connectivity index (χ1n) is 25.7. The average Bonchev–Trinajstić information content (AvgIpc) is 4.23. The van der Waals surface area contributed by atoms with Crippen molar-refractivity contribution in [1.29, 1.82) is 0 Å². The fourth-order valence-electron chi connectivity index (χ4n) is 7.38. The lowest BCUT2D eigenvalue weighted by atomic mass is 9.96. The van der Waals surface area contributed by atoms with Crippen LogP contribution < -0.4 is 48.7 Å². The normalized spacial score (nSPS) is 15.0. The highest BCUT2D eigenvalue weighted by atomic mass is 32.2. The first-order valence-corrected chi connectivity index (χ1v) is 28.8. The van der Waals surface area contributed by atoms with Gasteiger partial charge in [0.1, 0.15) is 69.2 Å². The molecule has 7 amide bonds. The summed E-state index contributed by atoms with van der Waals surface area (Å²) >= 11 is 4.29. The van der Waals surface area contributed by atoms with Crippen LogP contribution in [0.2, 0.25) is 0 Å². The van der Waals surface area contributed by atoms with Crippen molar-refractivity contribution in [1.82, 2.24) is 67.1 Å². The van der Waals surface area contributed by atoms with Gasteiger partial charge in [-0.15, -0.1) is 22.7 Å². The van der Waals surface area contributed by atoms with Gasteiger partial charge in [-0.2, -0.15) is 11.8 Å². The number of aromatic amines is 1. The smallest absolute Gasteiger partial charge is 0.408 e. The maximum absolute atomic E-state index is 14.2. The van der Waals surface area contributed by atoms with Crippen molar-refractivity contribution < 1.29 is 63.1 Å². The number of nitrogens with one attached hydrogen (secondary N) is 8. The molecule has 0 aliphatic heterocycles. The van der Waals surface area contributed by atoms with Gasteiger partial charge in [0.2, 0.25) is 23.6 Å². The number of hydrogen-bond donors (Lipinski definition) is 13. The number of carbonyl (C=O) groups excluding carboxylic acids is 8. The highest BCUT2D eigenvalue weighted by molar-refractivity contribution is 7.98. The SMILES string of the molecule is CSCCCNC(=O)c1csc(-c2csc(CCNC(=O)[C@@H](NC(=O)[C@@H](C)[C@H](O)[C@@H](C)NC(=O)[C@@H](NC(=O)c3nc([C@H](CC(N)=O)NC[C@H](NC(=O)OC(C)(C)C)C(=O)OC(C)(C)C)nc(N)c3C)[C@@H](O)c3cnc[nH]3)[C@@H](C)O)n2)n1. The van der Waals surface area contributed by atoms with Crippen molar-refractivity contribution in [2.45, 2.75) is 148 Å². The van der Waals surface area contributed by atoms with Crippen molar-refractivity contribution >= 4 is 87.8 Å². The number of hydrogen-bond acceptors (Lipinski definition) is 23. The topological polar surface area (TPSA) is 432 Å². The molecule has 15 N–H and O–H groups in total. The molecular weight excluding hydrogens is 1110 g/mol. The summed E-state index contributed by atoms with van der Waals surface area (Å²) in [5.74, 6) is -6.68. The molecule has 0 aliphatic rings. The number of aliphatic hydroxyl groups excluding tert-OH is 3. The summed E-state index contributed by atoms with van der Waals surface area (Å²) in [5.41, 5.74) is 10.4. The van der Waals surface area contributed by atoms with Crippen molar-refractivity contribution in [3.8, 4) is 10.7 Å². The summed E-state index contributed by atoms with van der Waals surface area (Å²) in [6.07, 6.45) is -0.818. The zero-order valence-electron chi connectivity index (χ0n) is 47.0. The van der Waals surface area contributed by atoms with Crippen LogP contribution in [0.5, 0.6) is 0 Å². The minimum atomic E-state index is -1.86. The fourth-order valence-corrected chi connectivity index (χ4v) is 9.43. The van der Waals surface area contributed by atoms with Gasteiger partial charge in [0, 0.05) is 48.8 Å². The van der Waals surface area contributed by atoms with Gasteiger partial charge >= 0.3 is 12.1 Å². The molecule has 9 atom stereocenters. The van der Waals surface area contributed by atoms with Gasteiger partial charge in [-0.1, -0.05) is 6.92 Å². The number of anilines is 1. The molecule has 0 spiro atoms. The number of carbonyl (C=O) groups is 8. The van der Waals surface area contributed by atoms with Gasteiger partial charge in [0.05, 0.1) is 53.4 Å². The van der Waals surface area contributed by atoms with E-state index >= 15 is 0 Å². The van der Waals surface area contributed by atoms with Crippen LogP contribution in [0.3, 0.4) is 0 Å². The minimum absolute atomic E-state index is 0.00570. The summed E-state index contributed by atoms with van der Waals surface area (Å²) in [5, 5.41) is 56.4. The molecule has 0 unspecified atom stereocenters. The summed E-state index contributed by atoms with van der Waals surface area (Å²) in [7, 11) is 0. The molecule has 31 heteroatoms. The molecule has 0 fully saturated rings. The van der Waals surface area contributed by atoms with Crippen LogP contribution in [-0.2, 0) is 39.9 Å². The monoisotopic (exact) mass is 1190 g/mol. The van der Waals surface area contributed by atoms with Gasteiger partial charge in [0.25, 0.3) is 11.8 Å². The molecule has 0 saturated carbocycles. The lowest BCUT2D eigenvalue weighted by molar-refractivity contribution is -0.157. The number of nitrogens with zero attached hydrogens (tertiary/aromatic N) is 5. The molecule has 4 aromatic heterocycles. The summed E-state index contributed by atoms with van der Waals surface area (Å²) in [6.45, 7) is 15.3. The third kappa shape index (κ3) is 20.9. The van der Waals surface area contributed by atoms with E-state index in [9.17, 15) is 53.7 Å². The maximum atomic E-state index is 14.2. The molecule has 0 radical (unpaired) electrons. The molecule has 4 heterocycles. The Morgan fingerprint density at radius 1 is 0.802 bits per heavy atom. The number of primary amides is 1. The lowest BCUT2D eigenvalue weighted by Crippen LogP contribution is -2.57. The van der Waals surface area contributed by atoms with Gasteiger partial charge < -0.3 is 78.5 Å². The Labute approximate surface area is 480 Å². The third-order valence-electron chi connectivity index (χ3n) is 11.6. The van der Waals surface area contributed by atoms with Crippen LogP contribution in [0.1, 0.15) is 130 Å². The number of thioether (sulfide) groups is 1. The van der Waals surface area contributed by atoms with E-state index < -0.39 is 126 Å². The van der Waals surface area contributed by atoms with Crippen LogP contribution in [-0.4, -0.2) is 172 Å². The highest BCUT2D eigenvalue weighted by Crippen LogP contribution is 2.26. The lowest BCUT2D eigenvalue weighted by Gasteiger charge is -2.30.